The van der Waals surface area contributed by atoms with Gasteiger partial charge in [-0.05, 0) is 17.0 Å². The molecule has 1 amide bonds. The van der Waals surface area contributed by atoms with E-state index in [-0.39, 0.29) is 19.1 Å². The summed E-state index contributed by atoms with van der Waals surface area (Å²) in [7, 11) is 1.69. The number of benzene rings is 1. The fraction of sp³-hybridized carbons (Fsp3) is 0.353. The quantitative estimate of drug-likeness (QED) is 0.860. The summed E-state index contributed by atoms with van der Waals surface area (Å²) >= 11 is 1.41. The van der Waals surface area contributed by atoms with Crippen molar-refractivity contribution in [2.45, 2.75) is 6.92 Å². The number of thiophene rings is 1. The topological polar surface area (TPSA) is 60.8 Å². The van der Waals surface area contributed by atoms with Crippen molar-refractivity contribution in [3.8, 4) is 11.1 Å². The van der Waals surface area contributed by atoms with E-state index in [0.717, 1.165) is 11.1 Å². The molecule has 5 heteroatoms. The van der Waals surface area contributed by atoms with Crippen LogP contribution >= 0.6 is 11.3 Å². The highest BCUT2D eigenvalue weighted by atomic mass is 32.1. The molecule has 0 radical (unpaired) electrons. The van der Waals surface area contributed by atoms with Crippen LogP contribution in [0.5, 0.6) is 0 Å². The van der Waals surface area contributed by atoms with Crippen molar-refractivity contribution in [2.75, 3.05) is 26.8 Å². The maximum absolute atomic E-state index is 12.7. The van der Waals surface area contributed by atoms with Crippen LogP contribution in [0.3, 0.4) is 0 Å². The summed E-state index contributed by atoms with van der Waals surface area (Å²) in [5.74, 6) is -0.0954. The minimum atomic E-state index is -0.700. The third-order valence-electron chi connectivity index (χ3n) is 3.67. The summed E-state index contributed by atoms with van der Waals surface area (Å²) in [5, 5.41) is 20.7. The SMILES string of the molecule is CN(CC(C)(CO)CO)C(=O)c1sccc1-c1ccccc1. The highest BCUT2D eigenvalue weighted by Gasteiger charge is 2.28. The molecule has 0 bridgehead atoms. The van der Waals surface area contributed by atoms with Gasteiger partial charge in [-0.2, -0.15) is 0 Å². The molecule has 0 atom stereocenters. The van der Waals surface area contributed by atoms with Gasteiger partial charge in [0.25, 0.3) is 5.91 Å². The molecule has 0 spiro atoms. The van der Waals surface area contributed by atoms with E-state index >= 15 is 0 Å². The number of hydrogen-bond donors (Lipinski definition) is 2. The number of aliphatic hydroxyl groups is 2. The van der Waals surface area contributed by atoms with Crippen molar-refractivity contribution >= 4 is 17.2 Å². The van der Waals surface area contributed by atoms with Gasteiger partial charge >= 0.3 is 0 Å². The molecule has 1 heterocycles. The van der Waals surface area contributed by atoms with Crippen molar-refractivity contribution in [2.24, 2.45) is 5.41 Å². The molecule has 1 aromatic heterocycles. The van der Waals surface area contributed by atoms with E-state index in [0.29, 0.717) is 11.4 Å². The van der Waals surface area contributed by atoms with Gasteiger partial charge in [-0.25, -0.2) is 0 Å². The molecule has 1 aromatic carbocycles. The molecule has 0 saturated carbocycles. The van der Waals surface area contributed by atoms with Crippen molar-refractivity contribution in [3.63, 3.8) is 0 Å². The molecular weight excluding hydrogens is 298 g/mol. The zero-order valence-corrected chi connectivity index (χ0v) is 13.6. The van der Waals surface area contributed by atoms with Crippen molar-refractivity contribution in [1.82, 2.24) is 4.90 Å². The van der Waals surface area contributed by atoms with E-state index in [4.69, 9.17) is 0 Å². The molecule has 118 valence electrons. The van der Waals surface area contributed by atoms with Crippen molar-refractivity contribution < 1.29 is 15.0 Å². The highest BCUT2D eigenvalue weighted by molar-refractivity contribution is 7.12. The molecule has 0 aliphatic carbocycles. The van der Waals surface area contributed by atoms with Crippen molar-refractivity contribution in [1.29, 1.82) is 0 Å². The van der Waals surface area contributed by atoms with E-state index in [1.165, 1.54) is 11.3 Å². The number of carbonyl (C=O) groups excluding carboxylic acids is 1. The number of amides is 1. The van der Waals surface area contributed by atoms with Crippen LogP contribution < -0.4 is 0 Å². The van der Waals surface area contributed by atoms with Gasteiger partial charge in [0.2, 0.25) is 0 Å². The van der Waals surface area contributed by atoms with Crippen LogP contribution in [0.25, 0.3) is 11.1 Å². The summed E-state index contributed by atoms with van der Waals surface area (Å²) in [4.78, 5) is 14.9. The second-order valence-electron chi connectivity index (χ2n) is 5.82. The predicted octanol–water partition coefficient (Wildman–Crippen LogP) is 2.48. The Kier molecular flexibility index (Phi) is 5.34. The fourth-order valence-electron chi connectivity index (χ4n) is 2.29. The Morgan fingerprint density at radius 1 is 1.18 bits per heavy atom. The third kappa shape index (κ3) is 3.55. The first kappa shape index (κ1) is 16.7. The lowest BCUT2D eigenvalue weighted by molar-refractivity contribution is 0.0369. The molecular formula is C17H21NO3S. The standard InChI is InChI=1S/C17H21NO3S/c1-17(11-19,12-20)10-18(2)16(21)15-14(8-9-22-15)13-6-4-3-5-7-13/h3-9,19-20H,10-12H2,1-2H3. The zero-order valence-electron chi connectivity index (χ0n) is 12.8. The Morgan fingerprint density at radius 2 is 1.82 bits per heavy atom. The lowest BCUT2D eigenvalue weighted by atomic mass is 9.92. The first-order chi connectivity index (χ1) is 10.5. The van der Waals surface area contributed by atoms with E-state index in [1.54, 1.807) is 18.9 Å². The Hall–Kier alpha value is -1.69. The smallest absolute Gasteiger partial charge is 0.264 e. The summed E-state index contributed by atoms with van der Waals surface area (Å²) in [6.07, 6.45) is 0. The molecule has 0 fully saturated rings. The molecule has 2 N–H and O–H groups in total. The van der Waals surface area contributed by atoms with Crippen LogP contribution in [0, 0.1) is 5.41 Å². The number of carbonyl (C=O) groups is 1. The maximum atomic E-state index is 12.7. The van der Waals surface area contributed by atoms with Crippen LogP contribution in [-0.2, 0) is 0 Å². The molecule has 0 unspecified atom stereocenters. The van der Waals surface area contributed by atoms with E-state index in [1.807, 2.05) is 41.8 Å². The molecule has 2 rings (SSSR count). The Balaban J connectivity index is 2.22. The number of aliphatic hydroxyl groups excluding tert-OH is 2. The Bertz CT molecular complexity index is 620. The van der Waals surface area contributed by atoms with E-state index < -0.39 is 5.41 Å². The number of nitrogens with zero attached hydrogens (tertiary/aromatic N) is 1. The van der Waals surface area contributed by atoms with Gasteiger partial charge in [0.1, 0.15) is 0 Å². The minimum Gasteiger partial charge on any atom is -0.396 e. The summed E-state index contributed by atoms with van der Waals surface area (Å²) in [6.45, 7) is 1.71. The second-order valence-corrected chi connectivity index (χ2v) is 6.73. The van der Waals surface area contributed by atoms with Gasteiger partial charge in [0.15, 0.2) is 0 Å². The molecule has 4 nitrogen and oxygen atoms in total. The lowest BCUT2D eigenvalue weighted by Gasteiger charge is -2.30. The number of rotatable bonds is 6. The first-order valence-electron chi connectivity index (χ1n) is 7.11. The van der Waals surface area contributed by atoms with Gasteiger partial charge in [0.05, 0.1) is 18.1 Å². The van der Waals surface area contributed by atoms with Crippen LogP contribution in [0.2, 0.25) is 0 Å². The van der Waals surface area contributed by atoms with Crippen LogP contribution in [0.1, 0.15) is 16.6 Å². The monoisotopic (exact) mass is 319 g/mol. The Labute approximate surface area is 134 Å². The summed E-state index contributed by atoms with van der Waals surface area (Å²) in [5.41, 5.74) is 1.22. The van der Waals surface area contributed by atoms with Gasteiger partial charge in [-0.15, -0.1) is 11.3 Å². The van der Waals surface area contributed by atoms with Crippen LogP contribution in [0.4, 0.5) is 0 Å². The maximum Gasteiger partial charge on any atom is 0.264 e. The molecule has 0 aliphatic heterocycles. The normalized spacial score (nSPS) is 11.5. The average Bonchev–Trinajstić information content (AvgIpc) is 3.04. The van der Waals surface area contributed by atoms with E-state index in [2.05, 4.69) is 0 Å². The van der Waals surface area contributed by atoms with E-state index in [9.17, 15) is 15.0 Å². The third-order valence-corrected chi connectivity index (χ3v) is 4.58. The number of hydrogen-bond acceptors (Lipinski definition) is 4. The molecule has 22 heavy (non-hydrogen) atoms. The summed E-state index contributed by atoms with van der Waals surface area (Å²) in [6, 6.07) is 11.7. The average molecular weight is 319 g/mol. The van der Waals surface area contributed by atoms with Gasteiger partial charge < -0.3 is 15.1 Å². The largest absolute Gasteiger partial charge is 0.396 e. The van der Waals surface area contributed by atoms with Crippen LogP contribution in [0.15, 0.2) is 41.8 Å². The lowest BCUT2D eigenvalue weighted by Crippen LogP contribution is -2.41. The highest BCUT2D eigenvalue weighted by Crippen LogP contribution is 2.29. The Morgan fingerprint density at radius 3 is 2.41 bits per heavy atom. The predicted molar refractivity (Wildman–Crippen MR) is 89.0 cm³/mol. The minimum absolute atomic E-state index is 0.0954. The van der Waals surface area contributed by atoms with Gasteiger partial charge in [0, 0.05) is 24.6 Å². The second kappa shape index (κ2) is 7.05. The first-order valence-corrected chi connectivity index (χ1v) is 7.99. The molecule has 0 saturated heterocycles. The molecule has 0 aliphatic rings. The molecule has 2 aromatic rings. The fourth-order valence-corrected chi connectivity index (χ4v) is 3.20. The summed E-state index contributed by atoms with van der Waals surface area (Å²) < 4.78 is 0. The van der Waals surface area contributed by atoms with Crippen LogP contribution in [-0.4, -0.2) is 47.8 Å². The van der Waals surface area contributed by atoms with Gasteiger partial charge in [-0.3, -0.25) is 4.79 Å². The van der Waals surface area contributed by atoms with Crippen molar-refractivity contribution in [3.05, 3.63) is 46.7 Å². The zero-order chi connectivity index (χ0) is 16.2. The van der Waals surface area contributed by atoms with Gasteiger partial charge in [-0.1, -0.05) is 37.3 Å².